The summed E-state index contributed by atoms with van der Waals surface area (Å²) in [5.41, 5.74) is 3.22. The Bertz CT molecular complexity index is 1410. The van der Waals surface area contributed by atoms with Gasteiger partial charge in [-0.1, -0.05) is 60.7 Å². The van der Waals surface area contributed by atoms with E-state index in [1.54, 1.807) is 36.4 Å². The molecule has 0 spiro atoms. The Balaban J connectivity index is 1.31. The number of hydrogen-bond acceptors (Lipinski definition) is 5. The van der Waals surface area contributed by atoms with Crippen molar-refractivity contribution in [1.82, 2.24) is 10.3 Å². The van der Waals surface area contributed by atoms with Gasteiger partial charge in [0, 0.05) is 17.0 Å². The van der Waals surface area contributed by atoms with Gasteiger partial charge in [0.2, 0.25) is 0 Å². The van der Waals surface area contributed by atoms with Gasteiger partial charge in [0.25, 0.3) is 11.8 Å². The molecule has 0 atom stereocenters. The molecule has 0 bridgehead atoms. The number of nitrogens with one attached hydrogen (secondary N) is 2. The molecule has 4 aromatic rings. The maximum atomic E-state index is 13.0. The number of carbonyl (C=O) groups excluding carboxylic acids is 3. The third-order valence-corrected chi connectivity index (χ3v) is 5.70. The van der Waals surface area contributed by atoms with Gasteiger partial charge in [-0.2, -0.15) is 0 Å². The number of benzene rings is 3. The SMILES string of the molecule is O=C(COC(=O)c1cc(-c2ccccc2)nc2ccccc12)Nc1ccccc1C(=O)NC1CC1. The van der Waals surface area contributed by atoms with E-state index in [1.807, 2.05) is 48.5 Å². The molecule has 1 aliphatic rings. The molecule has 7 heteroatoms. The Morgan fingerprint density at radius 1 is 0.857 bits per heavy atom. The smallest absolute Gasteiger partial charge is 0.339 e. The number of para-hydroxylation sites is 2. The van der Waals surface area contributed by atoms with Crippen LogP contribution in [0, 0.1) is 0 Å². The highest BCUT2D eigenvalue weighted by Crippen LogP contribution is 2.25. The van der Waals surface area contributed by atoms with Gasteiger partial charge in [-0.05, 0) is 37.1 Å². The summed E-state index contributed by atoms with van der Waals surface area (Å²) in [5.74, 6) is -1.40. The lowest BCUT2D eigenvalue weighted by molar-refractivity contribution is -0.119. The molecule has 0 unspecified atom stereocenters. The van der Waals surface area contributed by atoms with Crippen LogP contribution in [0.5, 0.6) is 0 Å². The predicted molar refractivity (Wildman–Crippen MR) is 133 cm³/mol. The topological polar surface area (TPSA) is 97.4 Å². The maximum Gasteiger partial charge on any atom is 0.339 e. The monoisotopic (exact) mass is 465 g/mol. The molecule has 2 N–H and O–H groups in total. The van der Waals surface area contributed by atoms with Crippen molar-refractivity contribution in [1.29, 1.82) is 0 Å². The van der Waals surface area contributed by atoms with Crippen LogP contribution in [0.1, 0.15) is 33.6 Å². The predicted octanol–water partition coefficient (Wildman–Crippen LogP) is 4.59. The van der Waals surface area contributed by atoms with Gasteiger partial charge in [0.1, 0.15) is 0 Å². The van der Waals surface area contributed by atoms with Crippen LogP contribution in [0.4, 0.5) is 5.69 Å². The van der Waals surface area contributed by atoms with E-state index in [0.717, 1.165) is 18.4 Å². The Morgan fingerprint density at radius 2 is 1.57 bits per heavy atom. The standard InChI is InChI=1S/C28H23N3O4/c32-26(31-24-13-7-5-11-21(24)27(33)29-19-14-15-19)17-35-28(34)22-16-25(18-8-2-1-3-9-18)30-23-12-6-4-10-20(22)23/h1-13,16,19H,14-15,17H2,(H,29,33)(H,31,32). The molecule has 174 valence electrons. The molecule has 0 aliphatic heterocycles. The molecule has 35 heavy (non-hydrogen) atoms. The zero-order valence-electron chi connectivity index (χ0n) is 18.9. The minimum atomic E-state index is -0.629. The van der Waals surface area contributed by atoms with Crippen molar-refractivity contribution >= 4 is 34.4 Å². The van der Waals surface area contributed by atoms with Crippen LogP contribution in [0.15, 0.2) is 84.9 Å². The second kappa shape index (κ2) is 9.77. The van der Waals surface area contributed by atoms with Gasteiger partial charge in [0.05, 0.1) is 28.0 Å². The van der Waals surface area contributed by atoms with Crippen LogP contribution >= 0.6 is 0 Å². The Hall–Kier alpha value is -4.52. The maximum absolute atomic E-state index is 13.0. The van der Waals surface area contributed by atoms with Crippen molar-refractivity contribution in [3.63, 3.8) is 0 Å². The zero-order chi connectivity index (χ0) is 24.2. The Labute approximate surface area is 202 Å². The van der Waals surface area contributed by atoms with Gasteiger partial charge in [-0.3, -0.25) is 9.59 Å². The molecule has 1 heterocycles. The lowest BCUT2D eigenvalue weighted by Gasteiger charge is -2.12. The number of pyridine rings is 1. The fourth-order valence-corrected chi connectivity index (χ4v) is 3.78. The number of aromatic nitrogens is 1. The molecular weight excluding hydrogens is 442 g/mol. The van der Waals surface area contributed by atoms with Crippen LogP contribution in [0.3, 0.4) is 0 Å². The summed E-state index contributed by atoms with van der Waals surface area (Å²) in [6, 6.07) is 25.4. The first-order valence-corrected chi connectivity index (χ1v) is 11.4. The van der Waals surface area contributed by atoms with E-state index < -0.39 is 18.5 Å². The second-order valence-electron chi connectivity index (χ2n) is 8.36. The summed E-state index contributed by atoms with van der Waals surface area (Å²) < 4.78 is 5.36. The van der Waals surface area contributed by atoms with Crippen molar-refractivity contribution in [3.05, 3.63) is 96.1 Å². The van der Waals surface area contributed by atoms with Gasteiger partial charge in [-0.25, -0.2) is 9.78 Å². The molecule has 7 nitrogen and oxygen atoms in total. The largest absolute Gasteiger partial charge is 0.452 e. The lowest BCUT2D eigenvalue weighted by atomic mass is 10.0. The van der Waals surface area contributed by atoms with Crippen LogP contribution in [-0.2, 0) is 9.53 Å². The van der Waals surface area contributed by atoms with E-state index in [9.17, 15) is 14.4 Å². The highest BCUT2D eigenvalue weighted by Gasteiger charge is 2.25. The summed E-state index contributed by atoms with van der Waals surface area (Å²) in [6.07, 6.45) is 1.93. The minimum absolute atomic E-state index is 0.197. The third-order valence-electron chi connectivity index (χ3n) is 5.70. The van der Waals surface area contributed by atoms with Crippen molar-refractivity contribution in [2.24, 2.45) is 0 Å². The van der Waals surface area contributed by atoms with Crippen LogP contribution in [0.2, 0.25) is 0 Å². The van der Waals surface area contributed by atoms with Crippen molar-refractivity contribution in [3.8, 4) is 11.3 Å². The molecule has 1 aromatic heterocycles. The number of ether oxygens (including phenoxy) is 1. The fourth-order valence-electron chi connectivity index (χ4n) is 3.78. The Kier molecular flexibility index (Phi) is 6.22. The first kappa shape index (κ1) is 22.3. The van der Waals surface area contributed by atoms with Gasteiger partial charge in [-0.15, -0.1) is 0 Å². The van der Waals surface area contributed by atoms with Gasteiger partial charge < -0.3 is 15.4 Å². The number of rotatable bonds is 7. The number of amides is 2. The van der Waals surface area contributed by atoms with Crippen molar-refractivity contribution < 1.29 is 19.1 Å². The van der Waals surface area contributed by atoms with Crippen LogP contribution in [-0.4, -0.2) is 35.4 Å². The molecule has 0 radical (unpaired) electrons. The highest BCUT2D eigenvalue weighted by molar-refractivity contribution is 6.07. The molecule has 5 rings (SSSR count). The normalized spacial score (nSPS) is 12.7. The first-order chi connectivity index (χ1) is 17.1. The van der Waals surface area contributed by atoms with Crippen LogP contribution in [0.25, 0.3) is 22.2 Å². The summed E-state index contributed by atoms with van der Waals surface area (Å²) in [7, 11) is 0. The van der Waals surface area contributed by atoms with Crippen LogP contribution < -0.4 is 10.6 Å². The quantitative estimate of drug-likeness (QED) is 0.389. The van der Waals surface area contributed by atoms with E-state index >= 15 is 0 Å². The number of anilines is 1. The number of carbonyl (C=O) groups is 3. The van der Waals surface area contributed by atoms with E-state index in [2.05, 4.69) is 15.6 Å². The lowest BCUT2D eigenvalue weighted by Crippen LogP contribution is -2.28. The zero-order valence-corrected chi connectivity index (χ0v) is 18.9. The van der Waals surface area contributed by atoms with Crippen molar-refractivity contribution in [2.75, 3.05) is 11.9 Å². The first-order valence-electron chi connectivity index (χ1n) is 11.4. The van der Waals surface area contributed by atoms with E-state index in [-0.39, 0.29) is 11.9 Å². The molecule has 2 amide bonds. The summed E-state index contributed by atoms with van der Waals surface area (Å²) in [4.78, 5) is 42.7. The molecule has 0 saturated heterocycles. The van der Waals surface area contributed by atoms with E-state index in [4.69, 9.17) is 4.74 Å². The third kappa shape index (κ3) is 5.19. The Morgan fingerprint density at radius 3 is 2.37 bits per heavy atom. The fraction of sp³-hybridized carbons (Fsp3) is 0.143. The minimum Gasteiger partial charge on any atom is -0.452 e. The van der Waals surface area contributed by atoms with E-state index in [1.165, 1.54) is 0 Å². The number of hydrogen-bond donors (Lipinski definition) is 2. The summed E-state index contributed by atoms with van der Waals surface area (Å²) >= 11 is 0. The molecule has 3 aromatic carbocycles. The summed E-state index contributed by atoms with van der Waals surface area (Å²) in [6.45, 7) is -0.491. The highest BCUT2D eigenvalue weighted by atomic mass is 16.5. The molecule has 1 fully saturated rings. The van der Waals surface area contributed by atoms with Crippen molar-refractivity contribution in [2.45, 2.75) is 18.9 Å². The average molecular weight is 466 g/mol. The number of nitrogens with zero attached hydrogens (tertiary/aromatic N) is 1. The molecule has 1 saturated carbocycles. The molecule has 1 aliphatic carbocycles. The number of fused-ring (bicyclic) bond motifs is 1. The summed E-state index contributed by atoms with van der Waals surface area (Å²) in [5, 5.41) is 6.23. The second-order valence-corrected chi connectivity index (χ2v) is 8.36. The van der Waals surface area contributed by atoms with Gasteiger partial charge in [0.15, 0.2) is 6.61 Å². The molecular formula is C28H23N3O4. The van der Waals surface area contributed by atoms with Gasteiger partial charge >= 0.3 is 5.97 Å². The average Bonchev–Trinajstić information content (AvgIpc) is 3.71. The van der Waals surface area contributed by atoms with E-state index in [0.29, 0.717) is 33.4 Å². The number of esters is 1.